The van der Waals surface area contributed by atoms with Gasteiger partial charge in [0.15, 0.2) is 0 Å². The van der Waals surface area contributed by atoms with Gasteiger partial charge in [0.1, 0.15) is 0 Å². The fraction of sp³-hybridized carbons (Fsp3) is 0.294. The Morgan fingerprint density at radius 2 is 0.704 bits per heavy atom. The van der Waals surface area contributed by atoms with Gasteiger partial charge in [-0.25, -0.2) is 0 Å². The van der Waals surface area contributed by atoms with Gasteiger partial charge in [0.05, 0.1) is 17.1 Å². The van der Waals surface area contributed by atoms with Crippen LogP contribution in [0.3, 0.4) is 0 Å². The Morgan fingerprint density at radius 1 is 0.370 bits per heavy atom. The molecule has 0 saturated heterocycles. The Hall–Kier alpha value is -5.28. The molecule has 0 aliphatic carbocycles. The van der Waals surface area contributed by atoms with Crippen molar-refractivity contribution in [2.24, 2.45) is 0 Å². The Balaban J connectivity index is 1.23. The van der Waals surface area contributed by atoms with E-state index in [1.807, 2.05) is 0 Å². The molecule has 0 radical (unpaired) electrons. The van der Waals surface area contributed by atoms with Crippen LogP contribution in [0.25, 0.3) is 50.8 Å². The van der Waals surface area contributed by atoms with Crippen molar-refractivity contribution < 1.29 is 0 Å². The number of unbranched alkanes of at least 4 members (excludes halogenated alkanes) is 8. The van der Waals surface area contributed by atoms with E-state index in [2.05, 4.69) is 180 Å². The molecule has 0 saturated carbocycles. The molecule has 3 heteroatoms. The third kappa shape index (κ3) is 8.91. The fourth-order valence-electron chi connectivity index (χ4n) is 7.79. The zero-order valence-electron chi connectivity index (χ0n) is 32.7. The van der Waals surface area contributed by atoms with Gasteiger partial charge in [-0.1, -0.05) is 144 Å². The first kappa shape index (κ1) is 37.1. The van der Waals surface area contributed by atoms with E-state index < -0.39 is 0 Å². The lowest BCUT2D eigenvalue weighted by molar-refractivity contribution is 0.607. The quantitative estimate of drug-likeness (QED) is 0.0787. The molecule has 7 rings (SSSR count). The first-order valence-corrected chi connectivity index (χ1v) is 20.5. The molecule has 0 aliphatic heterocycles. The second kappa shape index (κ2) is 18.2. The molecule has 3 nitrogen and oxygen atoms in total. The van der Waals surface area contributed by atoms with Gasteiger partial charge in [0.25, 0.3) is 0 Å². The summed E-state index contributed by atoms with van der Waals surface area (Å²) in [5.74, 6) is 0. The minimum atomic E-state index is 1.12. The van der Waals surface area contributed by atoms with E-state index in [4.69, 9.17) is 0 Å². The number of rotatable bonds is 18. The van der Waals surface area contributed by atoms with Gasteiger partial charge in [0, 0.05) is 35.7 Å². The molecule has 0 aliphatic rings. The summed E-state index contributed by atoms with van der Waals surface area (Å²) in [5, 5.41) is 0. The van der Waals surface area contributed by atoms with Crippen molar-refractivity contribution in [3.63, 3.8) is 0 Å². The molecule has 276 valence electrons. The average Bonchev–Trinajstić information content (AvgIpc) is 4.01. The standard InChI is InChI=1S/C51H57N3/c1-4-6-8-10-11-13-18-42-26-32-45(33-27-42)51-21-16-36-54(51)48-38-46(52-34-14-19-49(52)43-28-22-40(3)23-29-43)37-47(39-48)53-35-15-20-50(53)44-30-24-41(25-31-44)17-12-9-7-5-2/h14-16,19-39H,4-13,17-18H2,1-3H3. The molecule has 4 aromatic carbocycles. The lowest BCUT2D eigenvalue weighted by Gasteiger charge is -2.18. The van der Waals surface area contributed by atoms with Crippen molar-refractivity contribution in [3.05, 3.63) is 163 Å². The Kier molecular flexibility index (Phi) is 12.5. The minimum Gasteiger partial charge on any atom is -0.316 e. The highest BCUT2D eigenvalue weighted by Crippen LogP contribution is 2.33. The fourth-order valence-corrected chi connectivity index (χ4v) is 7.79. The predicted octanol–water partition coefficient (Wildman–Crippen LogP) is 14.4. The molecule has 0 unspecified atom stereocenters. The first-order chi connectivity index (χ1) is 26.6. The Labute approximate surface area is 324 Å². The van der Waals surface area contributed by atoms with Crippen LogP contribution in [0.1, 0.15) is 94.7 Å². The van der Waals surface area contributed by atoms with Crippen LogP contribution in [0.5, 0.6) is 0 Å². The second-order valence-corrected chi connectivity index (χ2v) is 15.1. The van der Waals surface area contributed by atoms with Gasteiger partial charge in [-0.3, -0.25) is 0 Å². The number of hydrogen-bond acceptors (Lipinski definition) is 0. The van der Waals surface area contributed by atoms with E-state index in [-0.39, 0.29) is 0 Å². The highest BCUT2D eigenvalue weighted by atomic mass is 15.0. The molecule has 3 heterocycles. The molecule has 7 aromatic rings. The predicted molar refractivity (Wildman–Crippen MR) is 230 cm³/mol. The lowest BCUT2D eigenvalue weighted by atomic mass is 10.0. The Bertz CT molecular complexity index is 2190. The first-order valence-electron chi connectivity index (χ1n) is 20.5. The van der Waals surface area contributed by atoms with Crippen molar-refractivity contribution in [1.29, 1.82) is 0 Å². The number of hydrogen-bond donors (Lipinski definition) is 0. The zero-order valence-corrected chi connectivity index (χ0v) is 32.7. The van der Waals surface area contributed by atoms with Gasteiger partial charge in [-0.15, -0.1) is 0 Å². The Morgan fingerprint density at radius 3 is 1.09 bits per heavy atom. The third-order valence-corrected chi connectivity index (χ3v) is 11.0. The van der Waals surface area contributed by atoms with Gasteiger partial charge in [-0.05, 0) is 115 Å². The summed E-state index contributed by atoms with van der Waals surface area (Å²) in [6.07, 6.45) is 22.0. The van der Waals surface area contributed by atoms with E-state index >= 15 is 0 Å². The summed E-state index contributed by atoms with van der Waals surface area (Å²) in [4.78, 5) is 0. The van der Waals surface area contributed by atoms with Crippen LogP contribution < -0.4 is 0 Å². The number of benzene rings is 4. The summed E-state index contributed by atoms with van der Waals surface area (Å²) in [6, 6.07) is 47.5. The van der Waals surface area contributed by atoms with Gasteiger partial charge in [-0.2, -0.15) is 0 Å². The molecule has 0 amide bonds. The maximum atomic E-state index is 2.35. The SMILES string of the molecule is CCCCCCCCc1ccc(-c2cccn2-c2cc(-n3cccc3-c3ccc(C)cc3)cc(-n3cccc3-c3ccc(CCCCCC)cc3)c2)cc1. The molecular weight excluding hydrogens is 655 g/mol. The summed E-state index contributed by atoms with van der Waals surface area (Å²) in [5.41, 5.74) is 14.7. The lowest BCUT2D eigenvalue weighted by Crippen LogP contribution is -2.04. The van der Waals surface area contributed by atoms with E-state index in [1.54, 1.807) is 0 Å². The van der Waals surface area contributed by atoms with Gasteiger partial charge in [0.2, 0.25) is 0 Å². The van der Waals surface area contributed by atoms with Crippen LogP contribution in [0, 0.1) is 6.92 Å². The van der Waals surface area contributed by atoms with Crippen molar-refractivity contribution >= 4 is 0 Å². The molecule has 0 bridgehead atoms. The summed E-state index contributed by atoms with van der Waals surface area (Å²) in [6.45, 7) is 6.70. The number of aryl methyl sites for hydroxylation is 3. The molecule has 3 aromatic heterocycles. The molecule has 0 fully saturated rings. The van der Waals surface area contributed by atoms with Crippen LogP contribution >= 0.6 is 0 Å². The largest absolute Gasteiger partial charge is 0.316 e. The molecule has 0 atom stereocenters. The summed E-state index contributed by atoms with van der Waals surface area (Å²) in [7, 11) is 0. The minimum absolute atomic E-state index is 1.12. The van der Waals surface area contributed by atoms with E-state index in [9.17, 15) is 0 Å². The van der Waals surface area contributed by atoms with Crippen LogP contribution in [-0.2, 0) is 12.8 Å². The topological polar surface area (TPSA) is 14.8 Å². The normalized spacial score (nSPS) is 11.4. The van der Waals surface area contributed by atoms with E-state index in [0.717, 1.165) is 29.9 Å². The van der Waals surface area contributed by atoms with Gasteiger partial charge < -0.3 is 13.7 Å². The van der Waals surface area contributed by atoms with E-state index in [0.29, 0.717) is 0 Å². The average molecular weight is 712 g/mol. The van der Waals surface area contributed by atoms with Crippen LogP contribution in [0.15, 0.2) is 146 Å². The molecule has 0 N–H and O–H groups in total. The molecule has 54 heavy (non-hydrogen) atoms. The number of nitrogens with zero attached hydrogens (tertiary/aromatic N) is 3. The summed E-state index contributed by atoms with van der Waals surface area (Å²) < 4.78 is 7.02. The van der Waals surface area contributed by atoms with Crippen molar-refractivity contribution in [1.82, 2.24) is 13.7 Å². The molecular formula is C51H57N3. The molecule has 0 spiro atoms. The maximum absolute atomic E-state index is 2.35. The number of aromatic nitrogens is 3. The van der Waals surface area contributed by atoms with Crippen molar-refractivity contribution in [2.45, 2.75) is 97.8 Å². The second-order valence-electron chi connectivity index (χ2n) is 15.1. The van der Waals surface area contributed by atoms with Gasteiger partial charge >= 0.3 is 0 Å². The van der Waals surface area contributed by atoms with Crippen LogP contribution in [0.4, 0.5) is 0 Å². The van der Waals surface area contributed by atoms with Crippen LogP contribution in [0.2, 0.25) is 0 Å². The van der Waals surface area contributed by atoms with Crippen LogP contribution in [-0.4, -0.2) is 13.7 Å². The van der Waals surface area contributed by atoms with E-state index in [1.165, 1.54) is 115 Å². The third-order valence-electron chi connectivity index (χ3n) is 11.0. The highest BCUT2D eigenvalue weighted by Gasteiger charge is 2.15. The summed E-state index contributed by atoms with van der Waals surface area (Å²) >= 11 is 0. The van der Waals surface area contributed by atoms with Crippen molar-refractivity contribution in [2.75, 3.05) is 0 Å². The zero-order chi connectivity index (χ0) is 37.1. The maximum Gasteiger partial charge on any atom is 0.0528 e. The smallest absolute Gasteiger partial charge is 0.0528 e. The van der Waals surface area contributed by atoms with Crippen molar-refractivity contribution in [3.8, 4) is 50.8 Å². The highest BCUT2D eigenvalue weighted by molar-refractivity contribution is 5.70. The monoisotopic (exact) mass is 711 g/mol.